The van der Waals surface area contributed by atoms with E-state index in [4.69, 9.17) is 9.47 Å². The monoisotopic (exact) mass is 450 g/mol. The fraction of sp³-hybridized carbons (Fsp3) is 0.130. The number of carbonyl (C=O) groups excluding carboxylic acids is 2. The van der Waals surface area contributed by atoms with E-state index in [-0.39, 0.29) is 17.1 Å². The lowest BCUT2D eigenvalue weighted by Gasteiger charge is -2.20. The third-order valence-corrected chi connectivity index (χ3v) is 4.67. The van der Waals surface area contributed by atoms with Crippen LogP contribution in [0.25, 0.3) is 0 Å². The van der Waals surface area contributed by atoms with E-state index in [1.807, 2.05) is 0 Å². The van der Waals surface area contributed by atoms with Crippen LogP contribution < -0.4 is 25.4 Å². The van der Waals surface area contributed by atoms with Gasteiger partial charge in [-0.25, -0.2) is 4.79 Å². The molecule has 3 N–H and O–H groups in total. The van der Waals surface area contributed by atoms with Gasteiger partial charge in [0.1, 0.15) is 17.5 Å². The average Bonchev–Trinajstić information content (AvgIpc) is 2.83. The zero-order chi connectivity index (χ0) is 23.8. The van der Waals surface area contributed by atoms with Crippen LogP contribution in [-0.4, -0.2) is 31.1 Å². The Balaban J connectivity index is 1.80. The van der Waals surface area contributed by atoms with Gasteiger partial charge in [-0.05, 0) is 35.9 Å². The van der Waals surface area contributed by atoms with Crippen molar-refractivity contribution in [3.8, 4) is 11.5 Å². The number of hydrogen-bond acceptors (Lipinski definition) is 6. The number of nitrogens with one attached hydrogen (secondary N) is 3. The van der Waals surface area contributed by atoms with Crippen LogP contribution in [0.15, 0.2) is 72.8 Å². The van der Waals surface area contributed by atoms with Crippen molar-refractivity contribution in [3.63, 3.8) is 0 Å². The molecule has 10 nitrogen and oxygen atoms in total. The molecule has 0 saturated carbocycles. The molecule has 10 heteroatoms. The second-order valence-electron chi connectivity index (χ2n) is 6.80. The number of rotatable bonds is 8. The van der Waals surface area contributed by atoms with Gasteiger partial charge in [0.25, 0.3) is 11.6 Å². The van der Waals surface area contributed by atoms with E-state index in [1.54, 1.807) is 54.6 Å². The van der Waals surface area contributed by atoms with Crippen molar-refractivity contribution in [2.45, 2.75) is 6.04 Å². The second kappa shape index (κ2) is 10.6. The summed E-state index contributed by atoms with van der Waals surface area (Å²) >= 11 is 0. The van der Waals surface area contributed by atoms with Crippen LogP contribution >= 0.6 is 0 Å². The molecule has 3 aromatic carbocycles. The molecule has 170 valence electrons. The highest BCUT2D eigenvalue weighted by molar-refractivity contribution is 6.00. The fourth-order valence-electron chi connectivity index (χ4n) is 3.03. The summed E-state index contributed by atoms with van der Waals surface area (Å²) in [5, 5.41) is 19.0. The number of hydrogen-bond donors (Lipinski definition) is 3. The molecule has 0 aliphatic heterocycles. The predicted molar refractivity (Wildman–Crippen MR) is 123 cm³/mol. The van der Waals surface area contributed by atoms with Gasteiger partial charge < -0.3 is 25.4 Å². The van der Waals surface area contributed by atoms with Crippen LogP contribution in [0.2, 0.25) is 0 Å². The van der Waals surface area contributed by atoms with Gasteiger partial charge in [-0.1, -0.05) is 30.3 Å². The second-order valence-corrected chi connectivity index (χ2v) is 6.80. The molecule has 0 aromatic heterocycles. The number of urea groups is 1. The number of benzene rings is 3. The molecule has 0 spiro atoms. The molecule has 0 bridgehead atoms. The van der Waals surface area contributed by atoms with Crippen LogP contribution in [0.4, 0.5) is 21.9 Å². The van der Waals surface area contributed by atoms with E-state index in [2.05, 4.69) is 16.0 Å². The molecule has 0 aliphatic carbocycles. The topological polar surface area (TPSA) is 132 Å². The zero-order valence-electron chi connectivity index (χ0n) is 17.9. The number of nitro groups is 1. The lowest BCUT2D eigenvalue weighted by molar-refractivity contribution is -0.384. The maximum atomic E-state index is 13.0. The van der Waals surface area contributed by atoms with Crippen molar-refractivity contribution >= 4 is 29.0 Å². The Labute approximate surface area is 189 Å². The van der Waals surface area contributed by atoms with Crippen LogP contribution in [0.5, 0.6) is 11.5 Å². The predicted octanol–water partition coefficient (Wildman–Crippen LogP) is 4.11. The molecule has 3 amide bonds. The minimum Gasteiger partial charge on any atom is -0.497 e. The Morgan fingerprint density at radius 3 is 2.21 bits per heavy atom. The fourth-order valence-corrected chi connectivity index (χ4v) is 3.03. The summed E-state index contributed by atoms with van der Waals surface area (Å²) in [6, 6.07) is 17.4. The number of carbonyl (C=O) groups is 2. The highest BCUT2D eigenvalue weighted by Crippen LogP contribution is 2.29. The smallest absolute Gasteiger partial charge is 0.320 e. The van der Waals surface area contributed by atoms with Crippen molar-refractivity contribution in [2.75, 3.05) is 24.9 Å². The molecular formula is C23H22N4O6. The first kappa shape index (κ1) is 23.1. The molecule has 3 aromatic rings. The summed E-state index contributed by atoms with van der Waals surface area (Å²) in [7, 11) is 2.91. The highest BCUT2D eigenvalue weighted by atomic mass is 16.6. The Kier molecular flexibility index (Phi) is 7.43. The van der Waals surface area contributed by atoms with E-state index < -0.39 is 22.9 Å². The maximum Gasteiger partial charge on any atom is 0.320 e. The minimum atomic E-state index is -1.04. The number of amides is 3. The van der Waals surface area contributed by atoms with E-state index in [0.29, 0.717) is 17.0 Å². The first-order valence-corrected chi connectivity index (χ1v) is 9.81. The minimum absolute atomic E-state index is 0.0894. The molecule has 0 fully saturated rings. The van der Waals surface area contributed by atoms with E-state index >= 15 is 0 Å². The normalized spacial score (nSPS) is 11.1. The lowest BCUT2D eigenvalue weighted by atomic mass is 10.1. The van der Waals surface area contributed by atoms with Crippen molar-refractivity contribution in [1.82, 2.24) is 5.32 Å². The average molecular weight is 450 g/mol. The van der Waals surface area contributed by atoms with Gasteiger partial charge in [0.15, 0.2) is 0 Å². The van der Waals surface area contributed by atoms with Crippen LogP contribution in [-0.2, 0) is 4.79 Å². The summed E-state index contributed by atoms with van der Waals surface area (Å²) < 4.78 is 10.3. The largest absolute Gasteiger partial charge is 0.497 e. The maximum absolute atomic E-state index is 13.0. The number of non-ortho nitro benzene ring substituents is 1. The molecule has 0 saturated heterocycles. The van der Waals surface area contributed by atoms with Crippen molar-refractivity contribution in [1.29, 1.82) is 0 Å². The molecule has 0 heterocycles. The van der Waals surface area contributed by atoms with Crippen LogP contribution in [0.1, 0.15) is 11.6 Å². The molecule has 1 atom stereocenters. The van der Waals surface area contributed by atoms with E-state index in [1.165, 1.54) is 32.4 Å². The molecule has 1 unspecified atom stereocenters. The molecule has 33 heavy (non-hydrogen) atoms. The quantitative estimate of drug-likeness (QED) is 0.349. The summed E-state index contributed by atoms with van der Waals surface area (Å²) in [6.45, 7) is 0. The lowest BCUT2D eigenvalue weighted by Crippen LogP contribution is -2.39. The van der Waals surface area contributed by atoms with Crippen molar-refractivity contribution < 1.29 is 24.0 Å². The highest BCUT2D eigenvalue weighted by Gasteiger charge is 2.24. The van der Waals surface area contributed by atoms with Crippen LogP contribution in [0, 0.1) is 10.1 Å². The third-order valence-electron chi connectivity index (χ3n) is 4.67. The number of ether oxygens (including phenoxy) is 2. The number of anilines is 2. The summed E-state index contributed by atoms with van der Waals surface area (Å²) in [5.41, 5.74) is 0.934. The van der Waals surface area contributed by atoms with E-state index in [9.17, 15) is 19.7 Å². The summed E-state index contributed by atoms with van der Waals surface area (Å²) in [5.74, 6) is 0.387. The first-order chi connectivity index (χ1) is 15.9. The van der Waals surface area contributed by atoms with Gasteiger partial charge in [0.05, 0.1) is 24.8 Å². The Hall–Kier alpha value is -4.60. The molecule has 0 aliphatic rings. The van der Waals surface area contributed by atoms with Gasteiger partial charge in [-0.15, -0.1) is 0 Å². The van der Waals surface area contributed by atoms with Crippen molar-refractivity contribution in [3.05, 3.63) is 88.5 Å². The molecular weight excluding hydrogens is 428 g/mol. The van der Waals surface area contributed by atoms with Gasteiger partial charge in [-0.2, -0.15) is 0 Å². The Morgan fingerprint density at radius 2 is 1.61 bits per heavy atom. The molecule has 3 rings (SSSR count). The number of nitrogens with zero attached hydrogens (tertiary/aromatic N) is 1. The van der Waals surface area contributed by atoms with Gasteiger partial charge in [0.2, 0.25) is 0 Å². The van der Waals surface area contributed by atoms with Gasteiger partial charge in [0, 0.05) is 17.8 Å². The third kappa shape index (κ3) is 5.97. The van der Waals surface area contributed by atoms with Gasteiger partial charge in [-0.3, -0.25) is 14.9 Å². The van der Waals surface area contributed by atoms with E-state index in [0.717, 1.165) is 0 Å². The zero-order valence-corrected chi connectivity index (χ0v) is 17.9. The summed E-state index contributed by atoms with van der Waals surface area (Å²) in [4.78, 5) is 36.3. The standard InChI is InChI=1S/C23H22N4O6/c1-32-18-11-8-16(9-12-18)24-22(28)21(15-6-4-3-5-7-15)26-23(29)25-19-14-17(27(30)31)10-13-20(19)33-2/h3-14,21H,1-2H3,(H,24,28)(H2,25,26,29). The first-order valence-electron chi connectivity index (χ1n) is 9.81. The number of nitro benzene ring substituents is 1. The Morgan fingerprint density at radius 1 is 0.909 bits per heavy atom. The van der Waals surface area contributed by atoms with Gasteiger partial charge >= 0.3 is 6.03 Å². The summed E-state index contributed by atoms with van der Waals surface area (Å²) in [6.07, 6.45) is 0. The van der Waals surface area contributed by atoms with Crippen molar-refractivity contribution in [2.24, 2.45) is 0 Å². The Bertz CT molecular complexity index is 1140. The number of methoxy groups -OCH3 is 2. The van der Waals surface area contributed by atoms with Crippen LogP contribution in [0.3, 0.4) is 0 Å². The SMILES string of the molecule is COc1ccc(NC(=O)C(NC(=O)Nc2cc([N+](=O)[O-])ccc2OC)c2ccccc2)cc1. The molecule has 0 radical (unpaired) electrons.